The topological polar surface area (TPSA) is 117 Å². The zero-order valence-corrected chi connectivity index (χ0v) is 23.2. The molecular weight excluding hydrogens is 554 g/mol. The molecule has 0 radical (unpaired) electrons. The maximum atomic E-state index is 13.3. The predicted molar refractivity (Wildman–Crippen MR) is 148 cm³/mol. The van der Waals surface area contributed by atoms with E-state index in [0.29, 0.717) is 35.0 Å². The SMILES string of the molecule is CCOC(=O)CCn1c(=NC(=O)c2ccc(S(=O)(=O)N3CCc4ccccc43)cc2)sc2cc3c(cc21)OCO3. The van der Waals surface area contributed by atoms with Gasteiger partial charge in [0, 0.05) is 30.8 Å². The van der Waals surface area contributed by atoms with E-state index < -0.39 is 15.9 Å². The molecule has 12 heteroatoms. The van der Waals surface area contributed by atoms with Gasteiger partial charge in [0.05, 0.1) is 33.8 Å². The molecule has 0 fully saturated rings. The molecule has 0 aliphatic carbocycles. The summed E-state index contributed by atoms with van der Waals surface area (Å²) in [5.74, 6) is 0.281. The lowest BCUT2D eigenvalue weighted by Gasteiger charge is -2.19. The predicted octanol–water partition coefficient (Wildman–Crippen LogP) is 3.88. The van der Waals surface area contributed by atoms with Gasteiger partial charge in [0.1, 0.15) is 0 Å². The number of esters is 1. The van der Waals surface area contributed by atoms with Gasteiger partial charge >= 0.3 is 5.97 Å². The Morgan fingerprint density at radius 3 is 2.58 bits per heavy atom. The van der Waals surface area contributed by atoms with Crippen LogP contribution >= 0.6 is 11.3 Å². The van der Waals surface area contributed by atoms with Crippen LogP contribution in [-0.2, 0) is 32.5 Å². The van der Waals surface area contributed by atoms with Gasteiger partial charge in [-0.25, -0.2) is 8.42 Å². The Bertz CT molecular complexity index is 1810. The number of hydrogen-bond donors (Lipinski definition) is 0. The number of para-hydroxylation sites is 1. The number of sulfonamides is 1. The van der Waals surface area contributed by atoms with Crippen LogP contribution in [0, 0.1) is 0 Å². The van der Waals surface area contributed by atoms with Crippen LogP contribution in [0.4, 0.5) is 5.69 Å². The van der Waals surface area contributed by atoms with E-state index in [1.165, 1.54) is 39.9 Å². The maximum absolute atomic E-state index is 13.3. The monoisotopic (exact) mass is 579 g/mol. The highest BCUT2D eigenvalue weighted by Gasteiger charge is 2.30. The van der Waals surface area contributed by atoms with Crippen LogP contribution < -0.4 is 18.6 Å². The van der Waals surface area contributed by atoms with Gasteiger partial charge in [0.25, 0.3) is 15.9 Å². The van der Waals surface area contributed by atoms with Crippen LogP contribution in [0.2, 0.25) is 0 Å². The number of thiazole rings is 1. The number of aryl methyl sites for hydroxylation is 1. The largest absolute Gasteiger partial charge is 0.466 e. The van der Waals surface area contributed by atoms with Crippen LogP contribution in [0.15, 0.2) is 70.6 Å². The molecule has 0 saturated carbocycles. The third kappa shape index (κ3) is 4.73. The van der Waals surface area contributed by atoms with Crippen LogP contribution in [0.1, 0.15) is 29.3 Å². The normalized spacial score (nSPS) is 14.5. The fourth-order valence-electron chi connectivity index (χ4n) is 4.80. The Hall–Kier alpha value is -4.16. The van der Waals surface area contributed by atoms with Crippen molar-refractivity contribution in [2.45, 2.75) is 31.2 Å². The van der Waals surface area contributed by atoms with E-state index >= 15 is 0 Å². The molecule has 0 atom stereocenters. The van der Waals surface area contributed by atoms with Gasteiger partial charge < -0.3 is 18.8 Å². The number of benzene rings is 3. The molecule has 3 heterocycles. The second-order valence-electron chi connectivity index (χ2n) is 9.16. The maximum Gasteiger partial charge on any atom is 0.307 e. The summed E-state index contributed by atoms with van der Waals surface area (Å²) in [5, 5.41) is 0. The van der Waals surface area contributed by atoms with E-state index in [0.717, 1.165) is 15.8 Å². The minimum absolute atomic E-state index is 0.0987. The first-order chi connectivity index (χ1) is 19.3. The highest BCUT2D eigenvalue weighted by molar-refractivity contribution is 7.92. The van der Waals surface area contributed by atoms with Gasteiger partial charge in [-0.05, 0) is 49.2 Å². The fourth-order valence-corrected chi connectivity index (χ4v) is 7.37. The number of carbonyl (C=O) groups excluding carboxylic acids is 2. The standard InChI is InChI=1S/C28H25N3O7S2/c1-2-36-26(32)12-13-30-22-15-23-24(38-17-37-23)16-25(22)39-28(30)29-27(33)19-7-9-20(10-8-19)40(34,35)31-14-11-18-5-3-4-6-21(18)31/h3-10,15-16H,2,11-14,17H2,1H3. The molecule has 1 aromatic heterocycles. The summed E-state index contributed by atoms with van der Waals surface area (Å²) in [4.78, 5) is 30.1. The van der Waals surface area contributed by atoms with Crippen LogP contribution in [0.3, 0.4) is 0 Å². The molecule has 4 aromatic rings. The Morgan fingerprint density at radius 2 is 1.80 bits per heavy atom. The number of anilines is 1. The molecule has 0 bridgehead atoms. The number of carbonyl (C=O) groups is 2. The second kappa shape index (κ2) is 10.4. The molecule has 0 spiro atoms. The lowest BCUT2D eigenvalue weighted by molar-refractivity contribution is -0.143. The fraction of sp³-hybridized carbons (Fsp3) is 0.250. The van der Waals surface area contributed by atoms with E-state index in [4.69, 9.17) is 14.2 Å². The first-order valence-corrected chi connectivity index (χ1v) is 15.0. The van der Waals surface area contributed by atoms with Gasteiger partial charge in [-0.2, -0.15) is 4.99 Å². The van der Waals surface area contributed by atoms with Gasteiger partial charge in [-0.3, -0.25) is 13.9 Å². The Kier molecular flexibility index (Phi) is 6.80. The van der Waals surface area contributed by atoms with Gasteiger partial charge in [-0.1, -0.05) is 29.5 Å². The highest BCUT2D eigenvalue weighted by atomic mass is 32.2. The van der Waals surface area contributed by atoms with Gasteiger partial charge in [0.15, 0.2) is 16.3 Å². The number of rotatable bonds is 7. The van der Waals surface area contributed by atoms with Crippen molar-refractivity contribution in [3.63, 3.8) is 0 Å². The number of nitrogens with zero attached hydrogens (tertiary/aromatic N) is 3. The first kappa shape index (κ1) is 26.1. The van der Waals surface area contributed by atoms with Crippen molar-refractivity contribution < 1.29 is 32.2 Å². The number of ether oxygens (including phenoxy) is 3. The van der Waals surface area contributed by atoms with Crippen molar-refractivity contribution in [2.75, 3.05) is 24.2 Å². The highest BCUT2D eigenvalue weighted by Crippen LogP contribution is 2.37. The van der Waals surface area contributed by atoms with Crippen molar-refractivity contribution in [3.05, 3.63) is 76.6 Å². The van der Waals surface area contributed by atoms with E-state index in [9.17, 15) is 18.0 Å². The molecule has 6 rings (SSSR count). The minimum atomic E-state index is -3.78. The Morgan fingerprint density at radius 1 is 1.05 bits per heavy atom. The van der Waals surface area contributed by atoms with E-state index in [-0.39, 0.29) is 42.8 Å². The molecule has 10 nitrogen and oxygen atoms in total. The lowest BCUT2D eigenvalue weighted by Crippen LogP contribution is -2.29. The van der Waals surface area contributed by atoms with Crippen LogP contribution in [0.5, 0.6) is 11.5 Å². The van der Waals surface area contributed by atoms with Crippen molar-refractivity contribution in [2.24, 2.45) is 4.99 Å². The molecule has 206 valence electrons. The summed E-state index contributed by atoms with van der Waals surface area (Å²) in [5.41, 5.74) is 2.65. The quantitative estimate of drug-likeness (QED) is 0.305. The smallest absolute Gasteiger partial charge is 0.307 e. The lowest BCUT2D eigenvalue weighted by atomic mass is 10.2. The average Bonchev–Trinajstić information content (AvgIpc) is 3.67. The zero-order valence-electron chi connectivity index (χ0n) is 21.5. The average molecular weight is 580 g/mol. The number of aromatic nitrogens is 1. The molecular formula is C28H25N3O7S2. The van der Waals surface area contributed by atoms with Gasteiger partial charge in [0.2, 0.25) is 6.79 Å². The number of hydrogen-bond acceptors (Lipinski definition) is 8. The summed E-state index contributed by atoms with van der Waals surface area (Å²) in [6, 6.07) is 16.8. The third-order valence-electron chi connectivity index (χ3n) is 6.75. The summed E-state index contributed by atoms with van der Waals surface area (Å²) < 4.78 is 46.7. The van der Waals surface area contributed by atoms with Crippen molar-refractivity contribution in [3.8, 4) is 11.5 Å². The molecule has 0 unspecified atom stereocenters. The summed E-state index contributed by atoms with van der Waals surface area (Å²) in [7, 11) is -3.78. The first-order valence-electron chi connectivity index (χ1n) is 12.7. The molecule has 3 aromatic carbocycles. The number of amides is 1. The Balaban J connectivity index is 1.31. The zero-order chi connectivity index (χ0) is 27.9. The molecule has 1 amide bonds. The molecule has 40 heavy (non-hydrogen) atoms. The summed E-state index contributed by atoms with van der Waals surface area (Å²) in [6.07, 6.45) is 0.749. The molecule has 2 aliphatic heterocycles. The van der Waals surface area contributed by atoms with Gasteiger partial charge in [-0.15, -0.1) is 0 Å². The van der Waals surface area contributed by atoms with Crippen molar-refractivity contribution in [1.82, 2.24) is 4.57 Å². The summed E-state index contributed by atoms with van der Waals surface area (Å²) in [6.45, 7) is 2.76. The van der Waals surface area contributed by atoms with E-state index in [1.807, 2.05) is 24.3 Å². The number of fused-ring (bicyclic) bond motifs is 3. The van der Waals surface area contributed by atoms with E-state index in [2.05, 4.69) is 4.99 Å². The van der Waals surface area contributed by atoms with E-state index in [1.54, 1.807) is 23.6 Å². The third-order valence-corrected chi connectivity index (χ3v) is 9.62. The minimum Gasteiger partial charge on any atom is -0.466 e. The van der Waals surface area contributed by atoms with Crippen molar-refractivity contribution >= 4 is 49.1 Å². The van der Waals surface area contributed by atoms with Crippen LogP contribution in [0.25, 0.3) is 10.2 Å². The molecule has 0 N–H and O–H groups in total. The molecule has 2 aliphatic rings. The Labute approximate surface area is 234 Å². The molecule has 0 saturated heterocycles. The second-order valence-corrected chi connectivity index (χ2v) is 12.0. The van der Waals surface area contributed by atoms with Crippen LogP contribution in [-0.4, -0.2) is 44.8 Å². The van der Waals surface area contributed by atoms with Crippen molar-refractivity contribution in [1.29, 1.82) is 0 Å². The summed E-state index contributed by atoms with van der Waals surface area (Å²) >= 11 is 1.28.